The van der Waals surface area contributed by atoms with E-state index in [-0.39, 0.29) is 11.4 Å². The predicted octanol–water partition coefficient (Wildman–Crippen LogP) is 2.33. The number of aliphatic hydroxyl groups excluding tert-OH is 1. The molecule has 1 unspecified atom stereocenters. The Hall–Kier alpha value is -2.01. The number of benzene rings is 1. The van der Waals surface area contributed by atoms with E-state index in [1.54, 1.807) is 19.2 Å². The largest absolute Gasteiger partial charge is 0.383 e. The normalized spacial score (nSPS) is 12.4. The lowest BCUT2D eigenvalue weighted by Crippen LogP contribution is -2.08. The Balaban J connectivity index is 2.47. The van der Waals surface area contributed by atoms with Gasteiger partial charge < -0.3 is 10.8 Å². The van der Waals surface area contributed by atoms with Crippen LogP contribution in [-0.2, 0) is 0 Å². The molecule has 0 saturated heterocycles. The fourth-order valence-electron chi connectivity index (χ4n) is 1.71. The van der Waals surface area contributed by atoms with E-state index in [9.17, 15) is 13.9 Å². The van der Waals surface area contributed by atoms with Gasteiger partial charge >= 0.3 is 0 Å². The van der Waals surface area contributed by atoms with E-state index in [4.69, 9.17) is 5.73 Å². The SMILES string of the molecule is Cc1cnc(N)c(C(O)c2ccc(F)cc2F)c1. The second-order valence-electron chi connectivity index (χ2n) is 4.06. The number of nitrogens with two attached hydrogens (primary N) is 1. The van der Waals surface area contributed by atoms with Crippen molar-refractivity contribution in [2.75, 3.05) is 5.73 Å². The lowest BCUT2D eigenvalue weighted by molar-refractivity contribution is 0.215. The summed E-state index contributed by atoms with van der Waals surface area (Å²) >= 11 is 0. The zero-order chi connectivity index (χ0) is 13.3. The average molecular weight is 250 g/mol. The van der Waals surface area contributed by atoms with Gasteiger partial charge in [0.1, 0.15) is 23.6 Å². The number of rotatable bonds is 2. The first-order valence-electron chi connectivity index (χ1n) is 5.34. The minimum Gasteiger partial charge on any atom is -0.383 e. The molecule has 0 bridgehead atoms. The van der Waals surface area contributed by atoms with Gasteiger partial charge in [0.2, 0.25) is 0 Å². The summed E-state index contributed by atoms with van der Waals surface area (Å²) in [5.41, 5.74) is 6.71. The number of aryl methyl sites for hydroxylation is 1. The van der Waals surface area contributed by atoms with Crippen LogP contribution in [0.4, 0.5) is 14.6 Å². The Bertz CT molecular complexity index is 587. The average Bonchev–Trinajstić information content (AvgIpc) is 2.31. The second kappa shape index (κ2) is 4.70. The number of aromatic nitrogens is 1. The minimum absolute atomic E-state index is 0.0319. The molecule has 1 atom stereocenters. The van der Waals surface area contributed by atoms with Crippen LogP contribution in [0, 0.1) is 18.6 Å². The highest BCUT2D eigenvalue weighted by Crippen LogP contribution is 2.28. The molecule has 0 amide bonds. The Morgan fingerprint density at radius 2 is 1.94 bits per heavy atom. The van der Waals surface area contributed by atoms with Crippen molar-refractivity contribution in [2.45, 2.75) is 13.0 Å². The number of hydrogen-bond donors (Lipinski definition) is 2. The fraction of sp³-hybridized carbons (Fsp3) is 0.154. The number of pyridine rings is 1. The molecule has 1 aromatic carbocycles. The van der Waals surface area contributed by atoms with E-state index in [0.29, 0.717) is 5.56 Å². The highest BCUT2D eigenvalue weighted by molar-refractivity contribution is 5.46. The Labute approximate surface area is 103 Å². The highest BCUT2D eigenvalue weighted by Gasteiger charge is 2.18. The van der Waals surface area contributed by atoms with E-state index in [0.717, 1.165) is 17.7 Å². The van der Waals surface area contributed by atoms with Crippen LogP contribution in [0.15, 0.2) is 30.5 Å². The molecule has 5 heteroatoms. The topological polar surface area (TPSA) is 59.1 Å². The summed E-state index contributed by atoms with van der Waals surface area (Å²) in [5.74, 6) is -1.39. The molecule has 0 aliphatic rings. The quantitative estimate of drug-likeness (QED) is 0.860. The highest BCUT2D eigenvalue weighted by atomic mass is 19.1. The van der Waals surface area contributed by atoms with E-state index >= 15 is 0 Å². The molecule has 0 spiro atoms. The van der Waals surface area contributed by atoms with Gasteiger partial charge in [-0.1, -0.05) is 6.07 Å². The van der Waals surface area contributed by atoms with Gasteiger partial charge in [-0.3, -0.25) is 0 Å². The van der Waals surface area contributed by atoms with E-state index in [2.05, 4.69) is 4.98 Å². The molecule has 0 radical (unpaired) electrons. The third-order valence-electron chi connectivity index (χ3n) is 2.64. The first-order chi connectivity index (χ1) is 8.49. The lowest BCUT2D eigenvalue weighted by atomic mass is 10.0. The van der Waals surface area contributed by atoms with Crippen molar-refractivity contribution in [1.82, 2.24) is 4.98 Å². The van der Waals surface area contributed by atoms with Crippen molar-refractivity contribution in [3.05, 3.63) is 58.8 Å². The Morgan fingerprint density at radius 3 is 2.61 bits per heavy atom. The van der Waals surface area contributed by atoms with Crippen LogP contribution >= 0.6 is 0 Å². The summed E-state index contributed by atoms with van der Waals surface area (Å²) in [6, 6.07) is 4.62. The zero-order valence-corrected chi connectivity index (χ0v) is 9.69. The van der Waals surface area contributed by atoms with Crippen LogP contribution in [0.3, 0.4) is 0 Å². The summed E-state index contributed by atoms with van der Waals surface area (Å²) in [6.45, 7) is 1.78. The predicted molar refractivity (Wildman–Crippen MR) is 63.8 cm³/mol. The number of nitrogens with zero attached hydrogens (tertiary/aromatic N) is 1. The molecule has 94 valence electrons. The van der Waals surface area contributed by atoms with E-state index in [1.807, 2.05) is 0 Å². The van der Waals surface area contributed by atoms with Crippen molar-refractivity contribution in [3.8, 4) is 0 Å². The van der Waals surface area contributed by atoms with Gasteiger partial charge in [0, 0.05) is 23.4 Å². The fourth-order valence-corrected chi connectivity index (χ4v) is 1.71. The molecule has 0 fully saturated rings. The molecular weight excluding hydrogens is 238 g/mol. The van der Waals surface area contributed by atoms with Crippen molar-refractivity contribution >= 4 is 5.82 Å². The molecule has 1 heterocycles. The number of aliphatic hydroxyl groups is 1. The van der Waals surface area contributed by atoms with Crippen LogP contribution in [0.25, 0.3) is 0 Å². The van der Waals surface area contributed by atoms with Crippen LogP contribution in [0.1, 0.15) is 22.8 Å². The van der Waals surface area contributed by atoms with Crippen molar-refractivity contribution < 1.29 is 13.9 Å². The minimum atomic E-state index is -1.27. The molecule has 2 aromatic rings. The smallest absolute Gasteiger partial charge is 0.132 e. The van der Waals surface area contributed by atoms with Gasteiger partial charge in [-0.2, -0.15) is 0 Å². The standard InChI is InChI=1S/C13H12F2N2O/c1-7-4-10(13(16)17-6-7)12(18)9-3-2-8(14)5-11(9)15/h2-6,12,18H,1H3,(H2,16,17). The van der Waals surface area contributed by atoms with Crippen LogP contribution in [0.5, 0.6) is 0 Å². The van der Waals surface area contributed by atoms with Crippen molar-refractivity contribution in [2.24, 2.45) is 0 Å². The summed E-state index contributed by atoms with van der Waals surface area (Å²) in [5, 5.41) is 10.1. The van der Waals surface area contributed by atoms with E-state index in [1.165, 1.54) is 6.07 Å². The van der Waals surface area contributed by atoms with Crippen molar-refractivity contribution in [3.63, 3.8) is 0 Å². The van der Waals surface area contributed by atoms with Crippen LogP contribution in [-0.4, -0.2) is 10.1 Å². The summed E-state index contributed by atoms with van der Waals surface area (Å²) < 4.78 is 26.4. The number of halogens is 2. The third kappa shape index (κ3) is 2.31. The van der Waals surface area contributed by atoms with Gasteiger partial charge in [0.25, 0.3) is 0 Å². The van der Waals surface area contributed by atoms with Gasteiger partial charge in [-0.25, -0.2) is 13.8 Å². The van der Waals surface area contributed by atoms with Gasteiger partial charge in [0.15, 0.2) is 0 Å². The second-order valence-corrected chi connectivity index (χ2v) is 4.06. The molecule has 3 N–H and O–H groups in total. The van der Waals surface area contributed by atoms with Gasteiger partial charge in [-0.05, 0) is 24.6 Å². The first kappa shape index (κ1) is 12.4. The lowest BCUT2D eigenvalue weighted by Gasteiger charge is -2.14. The number of anilines is 1. The van der Waals surface area contributed by atoms with E-state index < -0.39 is 17.7 Å². The molecule has 0 aliphatic heterocycles. The molecule has 2 rings (SSSR count). The van der Waals surface area contributed by atoms with Gasteiger partial charge in [-0.15, -0.1) is 0 Å². The molecule has 3 nitrogen and oxygen atoms in total. The summed E-state index contributed by atoms with van der Waals surface area (Å²) in [4.78, 5) is 3.89. The molecular formula is C13H12F2N2O. The van der Waals surface area contributed by atoms with Crippen LogP contribution in [0.2, 0.25) is 0 Å². The maximum absolute atomic E-state index is 13.6. The molecule has 0 saturated carbocycles. The molecule has 1 aromatic heterocycles. The third-order valence-corrected chi connectivity index (χ3v) is 2.64. The monoisotopic (exact) mass is 250 g/mol. The maximum Gasteiger partial charge on any atom is 0.132 e. The number of hydrogen-bond acceptors (Lipinski definition) is 3. The van der Waals surface area contributed by atoms with Gasteiger partial charge in [0.05, 0.1) is 0 Å². The Kier molecular flexibility index (Phi) is 3.25. The molecule has 0 aliphatic carbocycles. The zero-order valence-electron chi connectivity index (χ0n) is 9.69. The summed E-state index contributed by atoms with van der Waals surface area (Å²) in [6.07, 6.45) is 0.282. The first-order valence-corrected chi connectivity index (χ1v) is 5.34. The summed E-state index contributed by atoms with van der Waals surface area (Å²) in [7, 11) is 0. The molecule has 18 heavy (non-hydrogen) atoms. The Morgan fingerprint density at radius 1 is 1.22 bits per heavy atom. The maximum atomic E-state index is 13.6. The van der Waals surface area contributed by atoms with Crippen LogP contribution < -0.4 is 5.73 Å². The van der Waals surface area contributed by atoms with Crippen molar-refractivity contribution in [1.29, 1.82) is 0 Å². The number of nitrogen functional groups attached to an aromatic ring is 1.